The maximum absolute atomic E-state index is 12.5. The van der Waals surface area contributed by atoms with Gasteiger partial charge in [0.2, 0.25) is 5.91 Å². The summed E-state index contributed by atoms with van der Waals surface area (Å²) in [6.45, 7) is 0.986. The Labute approximate surface area is 159 Å². The minimum Gasteiger partial charge on any atom is -0.459 e. The van der Waals surface area contributed by atoms with Gasteiger partial charge in [0.25, 0.3) is 5.91 Å². The summed E-state index contributed by atoms with van der Waals surface area (Å²) in [6.07, 6.45) is 2.60. The smallest absolute Gasteiger partial charge is 0.289 e. The highest BCUT2D eigenvalue weighted by atomic mass is 35.5. The first-order valence-electron chi connectivity index (χ1n) is 7.74. The first kappa shape index (κ1) is 18.1. The predicted molar refractivity (Wildman–Crippen MR) is 97.4 cm³/mol. The molecule has 2 amide bonds. The largest absolute Gasteiger partial charge is 0.459 e. The molecule has 132 valence electrons. The molecule has 0 spiro atoms. The second-order valence-corrected chi connectivity index (χ2v) is 7.00. The molecule has 0 radical (unpaired) electrons. The van der Waals surface area contributed by atoms with Crippen molar-refractivity contribution in [3.05, 3.63) is 51.4 Å². The standard InChI is InChI=1S/C17H15Cl3N2O3/c18-11-8-13(20)14(9-12(11)19)21-16(23)10-3-5-22(6-4-10)17(24)15-2-1-7-25-15/h1-2,7-10H,3-6H2,(H,21,23). The molecule has 3 rings (SSSR count). The van der Waals surface area contributed by atoms with E-state index in [1.165, 1.54) is 18.4 Å². The van der Waals surface area contributed by atoms with Crippen LogP contribution >= 0.6 is 34.8 Å². The molecule has 1 fully saturated rings. The fourth-order valence-electron chi connectivity index (χ4n) is 2.75. The SMILES string of the molecule is O=C(Nc1cc(Cl)c(Cl)cc1Cl)C1CCN(C(=O)c2ccco2)CC1. The number of carbonyl (C=O) groups is 2. The fourth-order valence-corrected chi connectivity index (χ4v) is 3.35. The maximum atomic E-state index is 12.5. The zero-order valence-corrected chi connectivity index (χ0v) is 15.4. The Morgan fingerprint density at radius 1 is 1.08 bits per heavy atom. The van der Waals surface area contributed by atoms with Crippen LogP contribution < -0.4 is 5.32 Å². The summed E-state index contributed by atoms with van der Waals surface area (Å²) in [7, 11) is 0. The topological polar surface area (TPSA) is 62.6 Å². The number of halogens is 3. The molecular weight excluding hydrogens is 387 g/mol. The van der Waals surface area contributed by atoms with Crippen LogP contribution in [0.3, 0.4) is 0 Å². The third kappa shape index (κ3) is 4.11. The van der Waals surface area contributed by atoms with Gasteiger partial charge >= 0.3 is 0 Å². The summed E-state index contributed by atoms with van der Waals surface area (Å²) < 4.78 is 5.13. The lowest BCUT2D eigenvalue weighted by molar-refractivity contribution is -0.121. The van der Waals surface area contributed by atoms with Gasteiger partial charge in [-0.3, -0.25) is 9.59 Å². The van der Waals surface area contributed by atoms with Crippen LogP contribution in [0.5, 0.6) is 0 Å². The average molecular weight is 402 g/mol. The summed E-state index contributed by atoms with van der Waals surface area (Å²) in [5.74, 6) is -0.196. The number of nitrogens with one attached hydrogen (secondary N) is 1. The predicted octanol–water partition coefficient (Wildman–Crippen LogP) is 4.73. The van der Waals surface area contributed by atoms with Crippen LogP contribution in [0.4, 0.5) is 5.69 Å². The molecule has 5 nitrogen and oxygen atoms in total. The van der Waals surface area contributed by atoms with E-state index in [1.807, 2.05) is 0 Å². The average Bonchev–Trinajstić information content (AvgIpc) is 3.13. The first-order valence-corrected chi connectivity index (χ1v) is 8.87. The van der Waals surface area contributed by atoms with Gasteiger partial charge in [0, 0.05) is 19.0 Å². The number of carbonyl (C=O) groups excluding carboxylic acids is 2. The van der Waals surface area contributed by atoms with E-state index in [9.17, 15) is 9.59 Å². The molecular formula is C17H15Cl3N2O3. The number of hydrogen-bond acceptors (Lipinski definition) is 3. The summed E-state index contributed by atoms with van der Waals surface area (Å²) >= 11 is 17.9. The van der Waals surface area contributed by atoms with Gasteiger partial charge in [-0.1, -0.05) is 34.8 Å². The molecule has 1 aromatic carbocycles. The van der Waals surface area contributed by atoms with Crippen molar-refractivity contribution >= 4 is 52.3 Å². The van der Waals surface area contributed by atoms with E-state index < -0.39 is 0 Å². The Morgan fingerprint density at radius 3 is 2.40 bits per heavy atom. The number of nitrogens with zero attached hydrogens (tertiary/aromatic N) is 1. The van der Waals surface area contributed by atoms with Gasteiger partial charge in [-0.25, -0.2) is 0 Å². The molecule has 0 bridgehead atoms. The fraction of sp³-hybridized carbons (Fsp3) is 0.294. The molecule has 25 heavy (non-hydrogen) atoms. The monoisotopic (exact) mass is 400 g/mol. The second kappa shape index (κ2) is 7.68. The van der Waals surface area contributed by atoms with Crippen molar-refractivity contribution in [3.63, 3.8) is 0 Å². The Kier molecular flexibility index (Phi) is 5.57. The molecule has 8 heteroatoms. The molecule has 1 N–H and O–H groups in total. The number of amides is 2. The number of piperidine rings is 1. The van der Waals surface area contributed by atoms with E-state index in [0.29, 0.717) is 52.4 Å². The van der Waals surface area contributed by atoms with Crippen molar-refractivity contribution in [2.75, 3.05) is 18.4 Å². The van der Waals surface area contributed by atoms with Crippen LogP contribution in [0.2, 0.25) is 15.1 Å². The van der Waals surface area contributed by atoms with E-state index in [-0.39, 0.29) is 17.7 Å². The van der Waals surface area contributed by atoms with Crippen LogP contribution in [-0.2, 0) is 4.79 Å². The summed E-state index contributed by atoms with van der Waals surface area (Å²) in [5.41, 5.74) is 0.426. The van der Waals surface area contributed by atoms with Gasteiger partial charge in [0.15, 0.2) is 5.76 Å². The van der Waals surface area contributed by atoms with E-state index in [2.05, 4.69) is 5.32 Å². The molecule has 1 aromatic heterocycles. The highest BCUT2D eigenvalue weighted by Gasteiger charge is 2.29. The third-order valence-corrected chi connectivity index (χ3v) is 5.19. The van der Waals surface area contributed by atoms with E-state index in [1.54, 1.807) is 17.0 Å². The van der Waals surface area contributed by atoms with Gasteiger partial charge < -0.3 is 14.6 Å². The van der Waals surface area contributed by atoms with Crippen molar-refractivity contribution < 1.29 is 14.0 Å². The van der Waals surface area contributed by atoms with Gasteiger partial charge in [0.05, 0.1) is 27.0 Å². The molecule has 2 heterocycles. The zero-order chi connectivity index (χ0) is 18.0. The lowest BCUT2D eigenvalue weighted by Crippen LogP contribution is -2.41. The molecule has 1 aliphatic rings. The molecule has 1 saturated heterocycles. The van der Waals surface area contributed by atoms with Crippen LogP contribution in [0.25, 0.3) is 0 Å². The van der Waals surface area contributed by atoms with Crippen LogP contribution in [0, 0.1) is 5.92 Å². The quantitative estimate of drug-likeness (QED) is 0.756. The Balaban J connectivity index is 1.59. The third-order valence-electron chi connectivity index (χ3n) is 4.15. The number of likely N-dealkylation sites (tertiary alicyclic amines) is 1. The molecule has 0 saturated carbocycles. The van der Waals surface area contributed by atoms with Crippen molar-refractivity contribution in [3.8, 4) is 0 Å². The van der Waals surface area contributed by atoms with Crippen LogP contribution in [0.1, 0.15) is 23.4 Å². The molecule has 2 aromatic rings. The second-order valence-electron chi connectivity index (χ2n) is 5.78. The van der Waals surface area contributed by atoms with Crippen molar-refractivity contribution in [2.24, 2.45) is 5.92 Å². The Morgan fingerprint density at radius 2 is 1.76 bits per heavy atom. The van der Waals surface area contributed by atoms with Gasteiger partial charge in [-0.15, -0.1) is 0 Å². The van der Waals surface area contributed by atoms with Crippen molar-refractivity contribution in [1.29, 1.82) is 0 Å². The maximum Gasteiger partial charge on any atom is 0.289 e. The molecule has 0 atom stereocenters. The summed E-state index contributed by atoms with van der Waals surface area (Å²) in [4.78, 5) is 26.4. The van der Waals surface area contributed by atoms with Crippen LogP contribution in [-0.4, -0.2) is 29.8 Å². The molecule has 0 aliphatic carbocycles. The van der Waals surface area contributed by atoms with Gasteiger partial charge in [0.1, 0.15) is 0 Å². The normalized spacial score (nSPS) is 15.2. The van der Waals surface area contributed by atoms with Crippen LogP contribution in [0.15, 0.2) is 34.9 Å². The van der Waals surface area contributed by atoms with E-state index in [0.717, 1.165) is 0 Å². The minimum absolute atomic E-state index is 0.148. The summed E-state index contributed by atoms with van der Waals surface area (Å²) in [5, 5.41) is 3.76. The molecule has 1 aliphatic heterocycles. The first-order chi connectivity index (χ1) is 12.0. The summed E-state index contributed by atoms with van der Waals surface area (Å²) in [6, 6.07) is 6.33. The Bertz CT molecular complexity index is 785. The van der Waals surface area contributed by atoms with E-state index >= 15 is 0 Å². The minimum atomic E-state index is -0.203. The van der Waals surface area contributed by atoms with Gasteiger partial charge in [-0.2, -0.15) is 0 Å². The number of anilines is 1. The van der Waals surface area contributed by atoms with Gasteiger partial charge in [-0.05, 0) is 37.1 Å². The number of hydrogen-bond donors (Lipinski definition) is 1. The van der Waals surface area contributed by atoms with Crippen molar-refractivity contribution in [2.45, 2.75) is 12.8 Å². The number of benzene rings is 1. The molecule has 0 unspecified atom stereocenters. The Hall–Kier alpha value is -1.69. The zero-order valence-electron chi connectivity index (χ0n) is 13.1. The van der Waals surface area contributed by atoms with E-state index in [4.69, 9.17) is 39.2 Å². The highest BCUT2D eigenvalue weighted by Crippen LogP contribution is 2.33. The lowest BCUT2D eigenvalue weighted by atomic mass is 9.95. The number of rotatable bonds is 3. The number of furan rings is 1. The van der Waals surface area contributed by atoms with Crippen molar-refractivity contribution in [1.82, 2.24) is 4.90 Å². The highest BCUT2D eigenvalue weighted by molar-refractivity contribution is 6.44. The lowest BCUT2D eigenvalue weighted by Gasteiger charge is -2.30.